The molecule has 27 heavy (non-hydrogen) atoms. The first-order valence-electron chi connectivity index (χ1n) is 8.62. The van der Waals surface area contributed by atoms with Crippen LogP contribution in [0.4, 0.5) is 10.2 Å². The molecular formula is C18H21FN4O3S. The number of rotatable bonds is 6. The zero-order chi connectivity index (χ0) is 19.4. The van der Waals surface area contributed by atoms with Crippen LogP contribution in [0.2, 0.25) is 0 Å². The van der Waals surface area contributed by atoms with Crippen molar-refractivity contribution in [2.24, 2.45) is 0 Å². The molecule has 1 unspecified atom stereocenters. The summed E-state index contributed by atoms with van der Waals surface area (Å²) in [6.45, 7) is 0.591. The maximum absolute atomic E-state index is 12.9. The van der Waals surface area contributed by atoms with Crippen LogP contribution in [0, 0.1) is 5.82 Å². The summed E-state index contributed by atoms with van der Waals surface area (Å²) in [4.78, 5) is 22.2. The first kappa shape index (κ1) is 19.2. The van der Waals surface area contributed by atoms with Crippen LogP contribution in [0.25, 0.3) is 0 Å². The SMILES string of the molecule is CN(C(=O)c1cnc(NCCc2ccc(F)cc2)cn1)C1CCS(=O)(=O)C1. The number of hydrogen-bond acceptors (Lipinski definition) is 6. The van der Waals surface area contributed by atoms with Gasteiger partial charge in [0.1, 0.15) is 17.3 Å². The molecule has 1 saturated heterocycles. The first-order chi connectivity index (χ1) is 12.8. The third-order valence-electron chi connectivity index (χ3n) is 4.58. The van der Waals surface area contributed by atoms with E-state index in [0.29, 0.717) is 25.2 Å². The molecule has 2 aromatic rings. The summed E-state index contributed by atoms with van der Waals surface area (Å²) in [6, 6.07) is 5.97. The van der Waals surface area contributed by atoms with Crippen LogP contribution < -0.4 is 5.32 Å². The number of nitrogens with zero attached hydrogens (tertiary/aromatic N) is 3. The number of hydrogen-bond donors (Lipinski definition) is 1. The van der Waals surface area contributed by atoms with Crippen molar-refractivity contribution in [3.05, 3.63) is 53.7 Å². The standard InChI is InChI=1S/C18H21FN4O3S/c1-23(15-7-9-27(25,26)12-15)18(24)16-10-22-17(11-21-16)20-8-6-13-2-4-14(19)5-3-13/h2-5,10-11,15H,6-9,12H2,1H3,(H,20,22). The second-order valence-electron chi connectivity index (χ2n) is 6.56. The number of nitrogens with one attached hydrogen (secondary N) is 1. The van der Waals surface area contributed by atoms with E-state index in [0.717, 1.165) is 5.56 Å². The molecule has 1 atom stereocenters. The fraction of sp³-hybridized carbons (Fsp3) is 0.389. The number of sulfone groups is 1. The molecule has 7 nitrogen and oxygen atoms in total. The minimum Gasteiger partial charge on any atom is -0.368 e. The highest BCUT2D eigenvalue weighted by Crippen LogP contribution is 2.18. The van der Waals surface area contributed by atoms with Crippen LogP contribution in [0.5, 0.6) is 0 Å². The van der Waals surface area contributed by atoms with Gasteiger partial charge in [-0.3, -0.25) is 4.79 Å². The lowest BCUT2D eigenvalue weighted by Gasteiger charge is -2.22. The van der Waals surface area contributed by atoms with Crippen molar-refractivity contribution in [1.29, 1.82) is 0 Å². The van der Waals surface area contributed by atoms with Gasteiger partial charge in [-0.25, -0.2) is 22.8 Å². The van der Waals surface area contributed by atoms with Crippen LogP contribution >= 0.6 is 0 Å². The minimum atomic E-state index is -3.06. The lowest BCUT2D eigenvalue weighted by atomic mass is 10.1. The molecule has 1 N–H and O–H groups in total. The largest absolute Gasteiger partial charge is 0.368 e. The Morgan fingerprint density at radius 3 is 2.59 bits per heavy atom. The summed E-state index contributed by atoms with van der Waals surface area (Å²) >= 11 is 0. The molecule has 0 radical (unpaired) electrons. The Balaban J connectivity index is 1.53. The van der Waals surface area contributed by atoms with E-state index in [-0.39, 0.29) is 35.0 Å². The van der Waals surface area contributed by atoms with Crippen LogP contribution in [0.3, 0.4) is 0 Å². The second-order valence-corrected chi connectivity index (χ2v) is 8.79. The molecule has 3 rings (SSSR count). The van der Waals surface area contributed by atoms with Gasteiger partial charge in [-0.15, -0.1) is 0 Å². The monoisotopic (exact) mass is 392 g/mol. The third-order valence-corrected chi connectivity index (χ3v) is 6.33. The Hall–Kier alpha value is -2.55. The summed E-state index contributed by atoms with van der Waals surface area (Å²) in [5.74, 6) is 0.0176. The van der Waals surface area contributed by atoms with Crippen molar-refractivity contribution in [3.8, 4) is 0 Å². The van der Waals surface area contributed by atoms with E-state index in [4.69, 9.17) is 0 Å². The summed E-state index contributed by atoms with van der Waals surface area (Å²) in [6.07, 6.45) is 3.99. The summed E-state index contributed by atoms with van der Waals surface area (Å²) in [5, 5.41) is 3.10. The van der Waals surface area contributed by atoms with E-state index >= 15 is 0 Å². The lowest BCUT2D eigenvalue weighted by molar-refractivity contribution is 0.0741. The molecule has 1 aliphatic rings. The van der Waals surface area contributed by atoms with E-state index < -0.39 is 9.84 Å². The summed E-state index contributed by atoms with van der Waals surface area (Å²) in [7, 11) is -1.47. The first-order valence-corrected chi connectivity index (χ1v) is 10.4. The van der Waals surface area contributed by atoms with E-state index in [2.05, 4.69) is 15.3 Å². The van der Waals surface area contributed by atoms with E-state index in [1.807, 2.05) is 0 Å². The highest BCUT2D eigenvalue weighted by Gasteiger charge is 2.33. The molecule has 1 amide bonds. The van der Waals surface area contributed by atoms with Crippen molar-refractivity contribution in [2.75, 3.05) is 30.4 Å². The Labute approximate surface area is 157 Å². The maximum atomic E-state index is 12.9. The molecule has 0 aliphatic carbocycles. The molecular weight excluding hydrogens is 371 g/mol. The smallest absolute Gasteiger partial charge is 0.274 e. The van der Waals surface area contributed by atoms with E-state index in [1.54, 1.807) is 19.2 Å². The zero-order valence-electron chi connectivity index (χ0n) is 14.9. The lowest BCUT2D eigenvalue weighted by Crippen LogP contribution is -2.38. The number of benzene rings is 1. The van der Waals surface area contributed by atoms with Crippen molar-refractivity contribution in [1.82, 2.24) is 14.9 Å². The number of carbonyl (C=O) groups excluding carboxylic acids is 1. The number of amides is 1. The molecule has 1 aromatic carbocycles. The topological polar surface area (TPSA) is 92.3 Å². The average molecular weight is 392 g/mol. The molecule has 1 aromatic heterocycles. The van der Waals surface area contributed by atoms with Gasteiger partial charge in [0, 0.05) is 19.6 Å². The molecule has 1 fully saturated rings. The predicted molar refractivity (Wildman–Crippen MR) is 99.8 cm³/mol. The minimum absolute atomic E-state index is 0.00824. The molecule has 9 heteroatoms. The molecule has 1 aliphatic heterocycles. The molecule has 0 spiro atoms. The Morgan fingerprint density at radius 1 is 1.26 bits per heavy atom. The molecule has 0 saturated carbocycles. The van der Waals surface area contributed by atoms with Gasteiger partial charge in [0.25, 0.3) is 5.91 Å². The van der Waals surface area contributed by atoms with Crippen LogP contribution in [-0.4, -0.2) is 60.3 Å². The highest BCUT2D eigenvalue weighted by atomic mass is 32.2. The van der Waals surface area contributed by atoms with Gasteiger partial charge >= 0.3 is 0 Å². The zero-order valence-corrected chi connectivity index (χ0v) is 15.7. The number of halogens is 1. The van der Waals surface area contributed by atoms with Gasteiger partial charge in [-0.1, -0.05) is 12.1 Å². The van der Waals surface area contributed by atoms with Gasteiger partial charge in [0.2, 0.25) is 0 Å². The van der Waals surface area contributed by atoms with Crippen LogP contribution in [0.1, 0.15) is 22.5 Å². The van der Waals surface area contributed by atoms with Crippen molar-refractivity contribution in [3.63, 3.8) is 0 Å². The molecule has 144 valence electrons. The van der Waals surface area contributed by atoms with Gasteiger partial charge < -0.3 is 10.2 Å². The van der Waals surface area contributed by atoms with Gasteiger partial charge in [0.05, 0.1) is 23.9 Å². The number of carbonyl (C=O) groups is 1. The normalized spacial score (nSPS) is 18.2. The Bertz CT molecular complexity index is 901. The van der Waals surface area contributed by atoms with Gasteiger partial charge in [-0.05, 0) is 30.5 Å². The number of anilines is 1. The maximum Gasteiger partial charge on any atom is 0.274 e. The summed E-state index contributed by atoms with van der Waals surface area (Å²) < 4.78 is 36.0. The predicted octanol–water partition coefficient (Wildman–Crippen LogP) is 1.53. The van der Waals surface area contributed by atoms with Crippen molar-refractivity contribution in [2.45, 2.75) is 18.9 Å². The van der Waals surface area contributed by atoms with Crippen LogP contribution in [0.15, 0.2) is 36.7 Å². The quantitative estimate of drug-likeness (QED) is 0.802. The fourth-order valence-corrected chi connectivity index (χ4v) is 4.72. The highest BCUT2D eigenvalue weighted by molar-refractivity contribution is 7.91. The van der Waals surface area contributed by atoms with Crippen LogP contribution in [-0.2, 0) is 16.3 Å². The van der Waals surface area contributed by atoms with Crippen molar-refractivity contribution < 1.29 is 17.6 Å². The Kier molecular flexibility index (Phi) is 5.69. The van der Waals surface area contributed by atoms with Crippen molar-refractivity contribution >= 4 is 21.6 Å². The third kappa shape index (κ3) is 5.00. The molecule has 2 heterocycles. The van der Waals surface area contributed by atoms with E-state index in [1.165, 1.54) is 29.4 Å². The average Bonchev–Trinajstić information content (AvgIpc) is 3.02. The Morgan fingerprint density at radius 2 is 2.00 bits per heavy atom. The summed E-state index contributed by atoms with van der Waals surface area (Å²) in [5.41, 5.74) is 1.17. The molecule has 0 bridgehead atoms. The number of aromatic nitrogens is 2. The van der Waals surface area contributed by atoms with E-state index in [9.17, 15) is 17.6 Å². The van der Waals surface area contributed by atoms with Gasteiger partial charge in [-0.2, -0.15) is 0 Å². The fourth-order valence-electron chi connectivity index (χ4n) is 2.94. The second kappa shape index (κ2) is 7.99. The van der Waals surface area contributed by atoms with Gasteiger partial charge in [0.15, 0.2) is 9.84 Å².